The highest BCUT2D eigenvalue weighted by molar-refractivity contribution is 7.17. The second kappa shape index (κ2) is 5.84. The van der Waals surface area contributed by atoms with Gasteiger partial charge in [0.1, 0.15) is 0 Å². The number of carbonyl (C=O) groups is 1. The summed E-state index contributed by atoms with van der Waals surface area (Å²) in [6.07, 6.45) is 2.60. The van der Waals surface area contributed by atoms with Crippen LogP contribution in [0.15, 0.2) is 29.2 Å². The van der Waals surface area contributed by atoms with Crippen molar-refractivity contribution in [3.63, 3.8) is 0 Å². The Kier molecular flexibility index (Phi) is 4.16. The molecule has 0 aromatic carbocycles. The molecule has 0 radical (unpaired) electrons. The fourth-order valence-corrected chi connectivity index (χ4v) is 2.59. The van der Waals surface area contributed by atoms with E-state index in [1.165, 1.54) is 11.3 Å². The van der Waals surface area contributed by atoms with E-state index >= 15 is 0 Å². The lowest BCUT2D eigenvalue weighted by Crippen LogP contribution is -2.22. The van der Waals surface area contributed by atoms with Crippen molar-refractivity contribution in [3.05, 3.63) is 45.2 Å². The molecule has 0 aliphatic rings. The molecule has 2 rings (SSSR count). The summed E-state index contributed by atoms with van der Waals surface area (Å²) < 4.78 is 0. The number of aromatic nitrogens is 1. The van der Waals surface area contributed by atoms with Crippen molar-refractivity contribution in [1.29, 1.82) is 0 Å². The van der Waals surface area contributed by atoms with Crippen LogP contribution in [-0.4, -0.2) is 17.4 Å². The Morgan fingerprint density at radius 2 is 2.21 bits per heavy atom. The fraction of sp³-hybridized carbons (Fsp3) is 0.286. The van der Waals surface area contributed by atoms with E-state index in [1.807, 2.05) is 25.1 Å². The van der Waals surface area contributed by atoms with Gasteiger partial charge in [-0.05, 0) is 31.5 Å². The Hall–Kier alpha value is -1.88. The Bertz CT molecular complexity index is 643. The SMILES string of the molecule is CCCNC(=O)c1ccc(-c2c[nH]c(=O)c(C)c2)s1. The van der Waals surface area contributed by atoms with Crippen molar-refractivity contribution in [2.45, 2.75) is 20.3 Å². The van der Waals surface area contributed by atoms with Gasteiger partial charge >= 0.3 is 0 Å². The van der Waals surface area contributed by atoms with E-state index in [4.69, 9.17) is 0 Å². The number of amides is 1. The molecule has 0 bridgehead atoms. The second-order valence-corrected chi connectivity index (χ2v) is 5.40. The summed E-state index contributed by atoms with van der Waals surface area (Å²) in [5, 5.41) is 2.85. The molecule has 2 heterocycles. The lowest BCUT2D eigenvalue weighted by atomic mass is 10.2. The number of carbonyl (C=O) groups excluding carboxylic acids is 1. The molecule has 2 N–H and O–H groups in total. The molecular weight excluding hydrogens is 260 g/mol. The smallest absolute Gasteiger partial charge is 0.261 e. The van der Waals surface area contributed by atoms with Crippen LogP contribution in [0.5, 0.6) is 0 Å². The highest BCUT2D eigenvalue weighted by Crippen LogP contribution is 2.27. The fourth-order valence-electron chi connectivity index (χ4n) is 1.68. The molecule has 100 valence electrons. The average Bonchev–Trinajstić information content (AvgIpc) is 2.89. The van der Waals surface area contributed by atoms with Crippen LogP contribution >= 0.6 is 11.3 Å². The van der Waals surface area contributed by atoms with E-state index < -0.39 is 0 Å². The van der Waals surface area contributed by atoms with E-state index in [9.17, 15) is 9.59 Å². The monoisotopic (exact) mass is 276 g/mol. The minimum absolute atomic E-state index is 0.0424. The van der Waals surface area contributed by atoms with Crippen LogP contribution in [0, 0.1) is 6.92 Å². The van der Waals surface area contributed by atoms with Gasteiger partial charge in [0, 0.05) is 28.7 Å². The average molecular weight is 276 g/mol. The van der Waals surface area contributed by atoms with Gasteiger partial charge in [0.05, 0.1) is 4.88 Å². The van der Waals surface area contributed by atoms with Crippen LogP contribution in [0.3, 0.4) is 0 Å². The normalized spacial score (nSPS) is 10.4. The largest absolute Gasteiger partial charge is 0.351 e. The Morgan fingerprint density at radius 3 is 2.89 bits per heavy atom. The van der Waals surface area contributed by atoms with Gasteiger partial charge < -0.3 is 10.3 Å². The minimum Gasteiger partial charge on any atom is -0.351 e. The van der Waals surface area contributed by atoms with Crippen molar-refractivity contribution in [1.82, 2.24) is 10.3 Å². The number of nitrogens with one attached hydrogen (secondary N) is 2. The maximum absolute atomic E-state index is 11.8. The Morgan fingerprint density at radius 1 is 1.42 bits per heavy atom. The summed E-state index contributed by atoms with van der Waals surface area (Å²) in [6, 6.07) is 5.54. The van der Waals surface area contributed by atoms with Crippen molar-refractivity contribution in [2.75, 3.05) is 6.54 Å². The molecule has 0 spiro atoms. The van der Waals surface area contributed by atoms with Crippen molar-refractivity contribution in [3.8, 4) is 10.4 Å². The number of thiophene rings is 1. The molecule has 0 saturated heterocycles. The number of rotatable bonds is 4. The minimum atomic E-state index is -0.0822. The molecule has 1 amide bonds. The van der Waals surface area contributed by atoms with Crippen LogP contribution in [-0.2, 0) is 0 Å². The third kappa shape index (κ3) is 3.12. The van der Waals surface area contributed by atoms with Gasteiger partial charge in [-0.3, -0.25) is 9.59 Å². The maximum Gasteiger partial charge on any atom is 0.261 e. The molecule has 5 heteroatoms. The Labute approximate surface area is 115 Å². The van der Waals surface area contributed by atoms with Gasteiger partial charge in [0.15, 0.2) is 0 Å². The van der Waals surface area contributed by atoms with Crippen molar-refractivity contribution in [2.24, 2.45) is 0 Å². The molecule has 0 fully saturated rings. The van der Waals surface area contributed by atoms with Gasteiger partial charge in [-0.1, -0.05) is 6.92 Å². The summed E-state index contributed by atoms with van der Waals surface area (Å²) >= 11 is 1.42. The molecule has 0 saturated carbocycles. The molecule has 2 aromatic rings. The second-order valence-electron chi connectivity index (χ2n) is 4.32. The number of aryl methyl sites for hydroxylation is 1. The standard InChI is InChI=1S/C14H16N2O2S/c1-3-6-15-14(18)12-5-4-11(19-12)10-7-9(2)13(17)16-8-10/h4-5,7-8H,3,6H2,1-2H3,(H,15,18)(H,16,17). The lowest BCUT2D eigenvalue weighted by Gasteiger charge is -2.00. The topological polar surface area (TPSA) is 62.0 Å². The number of H-pyrrole nitrogens is 1. The molecule has 0 aliphatic heterocycles. The quantitative estimate of drug-likeness (QED) is 0.901. The third-order valence-electron chi connectivity index (χ3n) is 2.74. The summed E-state index contributed by atoms with van der Waals surface area (Å²) in [4.78, 5) is 27.5. The van der Waals surface area contributed by atoms with E-state index in [0.29, 0.717) is 17.0 Å². The first kappa shape index (κ1) is 13.5. The van der Waals surface area contributed by atoms with E-state index in [2.05, 4.69) is 10.3 Å². The molecule has 19 heavy (non-hydrogen) atoms. The molecule has 0 aliphatic carbocycles. The van der Waals surface area contributed by atoms with Gasteiger partial charge in [0.2, 0.25) is 0 Å². The third-order valence-corrected chi connectivity index (χ3v) is 3.87. The van der Waals surface area contributed by atoms with Crippen molar-refractivity contribution < 1.29 is 4.79 Å². The van der Waals surface area contributed by atoms with Crippen LogP contribution < -0.4 is 10.9 Å². The van der Waals surface area contributed by atoms with E-state index in [0.717, 1.165) is 16.9 Å². The molecule has 0 atom stereocenters. The van der Waals surface area contributed by atoms with E-state index in [1.54, 1.807) is 13.1 Å². The molecule has 2 aromatic heterocycles. The van der Waals surface area contributed by atoms with Gasteiger partial charge in [-0.2, -0.15) is 0 Å². The summed E-state index contributed by atoms with van der Waals surface area (Å²) in [7, 11) is 0. The maximum atomic E-state index is 11.8. The van der Waals surface area contributed by atoms with Crippen LogP contribution in [0.2, 0.25) is 0 Å². The number of hydrogen-bond donors (Lipinski definition) is 2. The number of aromatic amines is 1. The zero-order valence-corrected chi connectivity index (χ0v) is 11.8. The highest BCUT2D eigenvalue weighted by atomic mass is 32.1. The first-order chi connectivity index (χ1) is 9.11. The lowest BCUT2D eigenvalue weighted by molar-refractivity contribution is 0.0957. The van der Waals surface area contributed by atoms with Crippen LogP contribution in [0.4, 0.5) is 0 Å². The van der Waals surface area contributed by atoms with Crippen LogP contribution in [0.25, 0.3) is 10.4 Å². The Balaban J connectivity index is 2.23. The zero-order valence-electron chi connectivity index (χ0n) is 10.9. The van der Waals surface area contributed by atoms with Gasteiger partial charge in [-0.15, -0.1) is 11.3 Å². The molecular formula is C14H16N2O2S. The van der Waals surface area contributed by atoms with Gasteiger partial charge in [0.25, 0.3) is 11.5 Å². The summed E-state index contributed by atoms with van der Waals surface area (Å²) in [6.45, 7) is 4.47. The summed E-state index contributed by atoms with van der Waals surface area (Å²) in [5.41, 5.74) is 1.51. The predicted molar refractivity (Wildman–Crippen MR) is 77.7 cm³/mol. The highest BCUT2D eigenvalue weighted by Gasteiger charge is 2.10. The predicted octanol–water partition coefficient (Wildman–Crippen LogP) is 2.55. The van der Waals surface area contributed by atoms with Crippen molar-refractivity contribution >= 4 is 17.2 Å². The first-order valence-electron chi connectivity index (χ1n) is 6.19. The number of pyridine rings is 1. The molecule has 4 nitrogen and oxygen atoms in total. The van der Waals surface area contributed by atoms with Gasteiger partial charge in [-0.25, -0.2) is 0 Å². The summed E-state index contributed by atoms with van der Waals surface area (Å²) in [5.74, 6) is -0.0424. The molecule has 0 unspecified atom stereocenters. The zero-order chi connectivity index (χ0) is 13.8. The van der Waals surface area contributed by atoms with Crippen LogP contribution in [0.1, 0.15) is 28.6 Å². The number of hydrogen-bond acceptors (Lipinski definition) is 3. The first-order valence-corrected chi connectivity index (χ1v) is 7.01. The van der Waals surface area contributed by atoms with E-state index in [-0.39, 0.29) is 11.5 Å².